The molecule has 4 nitrogen and oxygen atoms in total. The van der Waals surface area contributed by atoms with Crippen molar-refractivity contribution in [2.45, 2.75) is 13.0 Å². The summed E-state index contributed by atoms with van der Waals surface area (Å²) in [5, 5.41) is 0. The van der Waals surface area contributed by atoms with Crippen molar-refractivity contribution in [2.24, 2.45) is 0 Å². The van der Waals surface area contributed by atoms with Gasteiger partial charge < -0.3 is 9.64 Å². The average molecular weight is 246 g/mol. The monoisotopic (exact) mass is 246 g/mol. The minimum atomic E-state index is -0.308. The zero-order valence-corrected chi connectivity index (χ0v) is 11.3. The minimum absolute atomic E-state index is 0.118. The Morgan fingerprint density at radius 3 is 2.50 bits per heavy atom. The van der Waals surface area contributed by atoms with Crippen molar-refractivity contribution in [1.82, 2.24) is 9.80 Å². The van der Waals surface area contributed by atoms with Crippen molar-refractivity contribution in [3.8, 4) is 0 Å². The Hall–Kier alpha value is -0.260. The topological polar surface area (TPSA) is 32.8 Å². The highest BCUT2D eigenvalue weighted by Crippen LogP contribution is 2.06. The predicted molar refractivity (Wildman–Crippen MR) is 67.9 cm³/mol. The van der Waals surface area contributed by atoms with Crippen LogP contribution < -0.4 is 0 Å². The van der Waals surface area contributed by atoms with Crippen LogP contribution in [0.1, 0.15) is 6.92 Å². The highest BCUT2D eigenvalue weighted by Gasteiger charge is 2.24. The first kappa shape index (κ1) is 13.8. The van der Waals surface area contributed by atoms with Gasteiger partial charge >= 0.3 is 0 Å². The SMILES string of the molecule is COC(C)C(=O)N1CCN(CCSC)CC1. The molecule has 0 saturated carbocycles. The van der Waals surface area contributed by atoms with E-state index in [1.165, 1.54) is 5.75 Å². The molecular formula is C11H22N2O2S. The van der Waals surface area contributed by atoms with Crippen molar-refractivity contribution in [3.05, 3.63) is 0 Å². The first-order valence-corrected chi connectivity index (χ1v) is 7.11. The van der Waals surface area contributed by atoms with Crippen LogP contribution >= 0.6 is 11.8 Å². The number of rotatable bonds is 5. The first-order chi connectivity index (χ1) is 7.69. The average Bonchev–Trinajstić information content (AvgIpc) is 2.35. The van der Waals surface area contributed by atoms with Crippen molar-refractivity contribution < 1.29 is 9.53 Å². The number of piperazine rings is 1. The van der Waals surface area contributed by atoms with Gasteiger partial charge in [0.1, 0.15) is 6.10 Å². The zero-order valence-electron chi connectivity index (χ0n) is 10.4. The minimum Gasteiger partial charge on any atom is -0.372 e. The smallest absolute Gasteiger partial charge is 0.251 e. The highest BCUT2D eigenvalue weighted by molar-refractivity contribution is 7.98. The van der Waals surface area contributed by atoms with E-state index in [1.54, 1.807) is 7.11 Å². The van der Waals surface area contributed by atoms with Crippen LogP contribution in [-0.2, 0) is 9.53 Å². The van der Waals surface area contributed by atoms with Gasteiger partial charge in [0.25, 0.3) is 5.91 Å². The van der Waals surface area contributed by atoms with Gasteiger partial charge in [-0.3, -0.25) is 9.69 Å². The van der Waals surface area contributed by atoms with Gasteiger partial charge in [-0.1, -0.05) is 0 Å². The number of hydrogen-bond acceptors (Lipinski definition) is 4. The third-order valence-corrected chi connectivity index (χ3v) is 3.59. The fourth-order valence-corrected chi connectivity index (χ4v) is 2.21. The molecule has 1 fully saturated rings. The van der Waals surface area contributed by atoms with Gasteiger partial charge in [-0.05, 0) is 13.2 Å². The molecule has 0 spiro atoms. The Bertz CT molecular complexity index is 218. The first-order valence-electron chi connectivity index (χ1n) is 5.72. The predicted octanol–water partition coefficient (Wildman–Crippen LogP) is 0.528. The number of methoxy groups -OCH3 is 1. The van der Waals surface area contributed by atoms with E-state index in [4.69, 9.17) is 4.74 Å². The molecule has 1 rings (SSSR count). The Balaban J connectivity index is 2.28. The molecule has 0 aromatic rings. The lowest BCUT2D eigenvalue weighted by Crippen LogP contribution is -2.51. The summed E-state index contributed by atoms with van der Waals surface area (Å²) in [6.45, 7) is 6.58. The molecule has 1 amide bonds. The molecule has 1 aliphatic heterocycles. The summed E-state index contributed by atoms with van der Waals surface area (Å²) in [5.74, 6) is 1.29. The number of carbonyl (C=O) groups is 1. The van der Waals surface area contributed by atoms with Gasteiger partial charge in [0, 0.05) is 45.6 Å². The lowest BCUT2D eigenvalue weighted by atomic mass is 10.2. The summed E-state index contributed by atoms with van der Waals surface area (Å²) in [5.41, 5.74) is 0. The molecule has 1 aliphatic rings. The summed E-state index contributed by atoms with van der Waals surface area (Å²) >= 11 is 1.87. The Morgan fingerprint density at radius 2 is 2.00 bits per heavy atom. The molecule has 0 bridgehead atoms. The van der Waals surface area contributed by atoms with Crippen molar-refractivity contribution in [3.63, 3.8) is 0 Å². The summed E-state index contributed by atoms with van der Waals surface area (Å²) in [6, 6.07) is 0. The summed E-state index contributed by atoms with van der Waals surface area (Å²) in [6.07, 6.45) is 1.82. The lowest BCUT2D eigenvalue weighted by molar-refractivity contribution is -0.142. The molecule has 94 valence electrons. The maximum atomic E-state index is 11.8. The van der Waals surface area contributed by atoms with Gasteiger partial charge in [0.05, 0.1) is 0 Å². The molecule has 0 radical (unpaired) electrons. The number of nitrogens with zero attached hydrogens (tertiary/aromatic N) is 2. The molecule has 1 heterocycles. The largest absolute Gasteiger partial charge is 0.372 e. The fraction of sp³-hybridized carbons (Fsp3) is 0.909. The number of hydrogen-bond donors (Lipinski definition) is 0. The molecule has 0 aromatic heterocycles. The van der Waals surface area contributed by atoms with Gasteiger partial charge in [-0.25, -0.2) is 0 Å². The van der Waals surface area contributed by atoms with Crippen LogP contribution in [0.2, 0.25) is 0 Å². The lowest BCUT2D eigenvalue weighted by Gasteiger charge is -2.35. The van der Waals surface area contributed by atoms with Crippen LogP contribution in [-0.4, -0.2) is 73.7 Å². The third kappa shape index (κ3) is 3.96. The standard InChI is InChI=1S/C11H22N2O2S/c1-10(15-2)11(14)13-6-4-12(5-7-13)8-9-16-3/h10H,4-9H2,1-3H3. The normalized spacial score (nSPS) is 19.8. The molecule has 16 heavy (non-hydrogen) atoms. The van der Waals surface area contributed by atoms with Crippen LogP contribution in [0.5, 0.6) is 0 Å². The molecule has 5 heteroatoms. The number of thioether (sulfide) groups is 1. The Labute approximate surface area is 102 Å². The number of carbonyl (C=O) groups excluding carboxylic acids is 1. The van der Waals surface area contributed by atoms with Crippen LogP contribution in [0, 0.1) is 0 Å². The fourth-order valence-electron chi connectivity index (χ4n) is 1.77. The van der Waals surface area contributed by atoms with Gasteiger partial charge in [-0.2, -0.15) is 11.8 Å². The maximum Gasteiger partial charge on any atom is 0.251 e. The van der Waals surface area contributed by atoms with Crippen molar-refractivity contribution in [2.75, 3.05) is 51.8 Å². The second-order valence-electron chi connectivity index (χ2n) is 4.04. The van der Waals surface area contributed by atoms with E-state index in [9.17, 15) is 4.79 Å². The van der Waals surface area contributed by atoms with E-state index in [0.717, 1.165) is 32.7 Å². The van der Waals surface area contributed by atoms with E-state index in [0.29, 0.717) is 0 Å². The van der Waals surface area contributed by atoms with E-state index in [1.807, 2.05) is 23.6 Å². The summed E-state index contributed by atoms with van der Waals surface area (Å²) in [4.78, 5) is 16.1. The van der Waals surface area contributed by atoms with Gasteiger partial charge in [-0.15, -0.1) is 0 Å². The molecule has 1 saturated heterocycles. The number of amides is 1. The van der Waals surface area contributed by atoms with Crippen LogP contribution in [0.25, 0.3) is 0 Å². The maximum absolute atomic E-state index is 11.8. The van der Waals surface area contributed by atoms with Crippen LogP contribution in [0.15, 0.2) is 0 Å². The summed E-state index contributed by atoms with van der Waals surface area (Å²) in [7, 11) is 1.58. The second kappa shape index (κ2) is 7.14. The van der Waals surface area contributed by atoms with E-state index in [-0.39, 0.29) is 12.0 Å². The highest BCUT2D eigenvalue weighted by atomic mass is 32.2. The van der Waals surface area contributed by atoms with E-state index >= 15 is 0 Å². The molecular weight excluding hydrogens is 224 g/mol. The van der Waals surface area contributed by atoms with Crippen molar-refractivity contribution >= 4 is 17.7 Å². The van der Waals surface area contributed by atoms with Crippen LogP contribution in [0.4, 0.5) is 0 Å². The van der Waals surface area contributed by atoms with Crippen molar-refractivity contribution in [1.29, 1.82) is 0 Å². The van der Waals surface area contributed by atoms with Gasteiger partial charge in [0.2, 0.25) is 0 Å². The molecule has 0 N–H and O–H groups in total. The Morgan fingerprint density at radius 1 is 1.38 bits per heavy atom. The Kier molecular flexibility index (Phi) is 6.16. The van der Waals surface area contributed by atoms with E-state index < -0.39 is 0 Å². The van der Waals surface area contributed by atoms with Crippen LogP contribution in [0.3, 0.4) is 0 Å². The second-order valence-corrected chi connectivity index (χ2v) is 5.02. The molecule has 0 aliphatic carbocycles. The number of ether oxygens (including phenoxy) is 1. The summed E-state index contributed by atoms with van der Waals surface area (Å²) < 4.78 is 5.05. The molecule has 1 unspecified atom stereocenters. The quantitative estimate of drug-likeness (QED) is 0.708. The van der Waals surface area contributed by atoms with Gasteiger partial charge in [0.15, 0.2) is 0 Å². The molecule has 1 atom stereocenters. The third-order valence-electron chi connectivity index (χ3n) is 3.00. The van der Waals surface area contributed by atoms with E-state index in [2.05, 4.69) is 11.2 Å². The zero-order chi connectivity index (χ0) is 12.0. The molecule has 0 aromatic carbocycles.